The first-order chi connectivity index (χ1) is 10.6. The zero-order valence-electron chi connectivity index (χ0n) is 13.7. The highest BCUT2D eigenvalue weighted by molar-refractivity contribution is 5.78. The van der Waals surface area contributed by atoms with Gasteiger partial charge in [-0.25, -0.2) is 0 Å². The van der Waals surface area contributed by atoms with Crippen LogP contribution in [0.25, 0.3) is 6.08 Å². The number of carbonyl (C=O) groups excluding carboxylic acids is 1. The van der Waals surface area contributed by atoms with E-state index in [0.29, 0.717) is 17.4 Å². The van der Waals surface area contributed by atoms with Crippen LogP contribution in [-0.2, 0) is 4.79 Å². The molecule has 1 saturated heterocycles. The molecule has 120 valence electrons. The van der Waals surface area contributed by atoms with Crippen LogP contribution in [0.1, 0.15) is 32.3 Å². The van der Waals surface area contributed by atoms with E-state index in [9.17, 15) is 4.79 Å². The molecule has 0 radical (unpaired) electrons. The SMILES string of the molecule is CC=Cc1ccc(OCC(=O)N2CCC(C)CC2)c(OC)c1. The molecule has 0 saturated carbocycles. The summed E-state index contributed by atoms with van der Waals surface area (Å²) in [6.45, 7) is 5.93. The van der Waals surface area contributed by atoms with E-state index in [1.54, 1.807) is 7.11 Å². The molecule has 1 aromatic carbocycles. The van der Waals surface area contributed by atoms with Gasteiger partial charge in [0.1, 0.15) is 0 Å². The summed E-state index contributed by atoms with van der Waals surface area (Å²) < 4.78 is 11.0. The number of allylic oxidation sites excluding steroid dienone is 1. The molecule has 1 amide bonds. The van der Waals surface area contributed by atoms with Gasteiger partial charge in [0.2, 0.25) is 0 Å². The molecule has 0 atom stereocenters. The van der Waals surface area contributed by atoms with Crippen LogP contribution in [-0.4, -0.2) is 37.6 Å². The van der Waals surface area contributed by atoms with Gasteiger partial charge in [-0.1, -0.05) is 25.1 Å². The molecule has 1 aromatic rings. The summed E-state index contributed by atoms with van der Waals surface area (Å²) in [5.41, 5.74) is 1.04. The van der Waals surface area contributed by atoms with E-state index >= 15 is 0 Å². The van der Waals surface area contributed by atoms with Crippen molar-refractivity contribution < 1.29 is 14.3 Å². The van der Waals surface area contributed by atoms with Crippen molar-refractivity contribution in [2.24, 2.45) is 5.92 Å². The summed E-state index contributed by atoms with van der Waals surface area (Å²) in [6.07, 6.45) is 6.11. The lowest BCUT2D eigenvalue weighted by molar-refractivity contribution is -0.134. The van der Waals surface area contributed by atoms with Gasteiger partial charge in [0.05, 0.1) is 7.11 Å². The standard InChI is InChI=1S/C18H25NO3/c1-4-5-15-6-7-16(17(12-15)21-3)22-13-18(20)19-10-8-14(2)9-11-19/h4-7,12,14H,8-11,13H2,1-3H3. The molecule has 0 aliphatic carbocycles. The Bertz CT molecular complexity index is 531. The monoisotopic (exact) mass is 303 g/mol. The topological polar surface area (TPSA) is 38.8 Å². The van der Waals surface area contributed by atoms with Crippen LogP contribution < -0.4 is 9.47 Å². The van der Waals surface area contributed by atoms with Crippen molar-refractivity contribution in [2.75, 3.05) is 26.8 Å². The van der Waals surface area contributed by atoms with E-state index < -0.39 is 0 Å². The Morgan fingerprint density at radius 3 is 2.68 bits per heavy atom. The van der Waals surface area contributed by atoms with Gasteiger partial charge in [-0.2, -0.15) is 0 Å². The lowest BCUT2D eigenvalue weighted by Crippen LogP contribution is -2.40. The van der Waals surface area contributed by atoms with Crippen molar-refractivity contribution in [3.63, 3.8) is 0 Å². The lowest BCUT2D eigenvalue weighted by atomic mass is 9.99. The second kappa shape index (κ2) is 7.87. The van der Waals surface area contributed by atoms with Gasteiger partial charge >= 0.3 is 0 Å². The number of amides is 1. The highest BCUT2D eigenvalue weighted by Crippen LogP contribution is 2.28. The molecule has 1 fully saturated rings. The lowest BCUT2D eigenvalue weighted by Gasteiger charge is -2.30. The molecular formula is C18H25NO3. The second-order valence-corrected chi connectivity index (χ2v) is 5.76. The van der Waals surface area contributed by atoms with Gasteiger partial charge in [0.15, 0.2) is 18.1 Å². The predicted molar refractivity (Wildman–Crippen MR) is 88.2 cm³/mol. The summed E-state index contributed by atoms with van der Waals surface area (Å²) in [5.74, 6) is 2.01. The normalized spacial score (nSPS) is 16.0. The number of carbonyl (C=O) groups is 1. The summed E-state index contributed by atoms with van der Waals surface area (Å²) in [6, 6.07) is 5.70. The Balaban J connectivity index is 1.94. The third-order valence-corrected chi connectivity index (χ3v) is 4.03. The number of hydrogen-bond acceptors (Lipinski definition) is 3. The third kappa shape index (κ3) is 4.26. The van der Waals surface area contributed by atoms with Crippen LogP contribution in [0.4, 0.5) is 0 Å². The van der Waals surface area contributed by atoms with Gasteiger partial charge in [0, 0.05) is 13.1 Å². The maximum absolute atomic E-state index is 12.2. The molecule has 22 heavy (non-hydrogen) atoms. The molecule has 1 aliphatic rings. The number of methoxy groups -OCH3 is 1. The van der Waals surface area contributed by atoms with Gasteiger partial charge in [-0.15, -0.1) is 0 Å². The molecule has 4 heteroatoms. The fourth-order valence-electron chi connectivity index (χ4n) is 2.59. The zero-order chi connectivity index (χ0) is 15.9. The molecule has 1 heterocycles. The van der Waals surface area contributed by atoms with Crippen molar-refractivity contribution >= 4 is 12.0 Å². The highest BCUT2D eigenvalue weighted by Gasteiger charge is 2.20. The third-order valence-electron chi connectivity index (χ3n) is 4.03. The van der Waals surface area contributed by atoms with Crippen molar-refractivity contribution in [2.45, 2.75) is 26.7 Å². The van der Waals surface area contributed by atoms with Crippen LogP contribution in [0, 0.1) is 5.92 Å². The first-order valence-electron chi connectivity index (χ1n) is 7.85. The van der Waals surface area contributed by atoms with Gasteiger partial charge in [-0.05, 0) is 43.4 Å². The summed E-state index contributed by atoms with van der Waals surface area (Å²) in [7, 11) is 1.61. The molecule has 2 rings (SSSR count). The van der Waals surface area contributed by atoms with E-state index in [4.69, 9.17) is 9.47 Å². The van der Waals surface area contributed by atoms with Crippen molar-refractivity contribution in [3.05, 3.63) is 29.8 Å². The minimum Gasteiger partial charge on any atom is -0.493 e. The van der Waals surface area contributed by atoms with Crippen LogP contribution in [0.3, 0.4) is 0 Å². The van der Waals surface area contributed by atoms with E-state index in [-0.39, 0.29) is 12.5 Å². The Labute approximate surface area is 132 Å². The van der Waals surface area contributed by atoms with Crippen molar-refractivity contribution in [1.82, 2.24) is 4.90 Å². The summed E-state index contributed by atoms with van der Waals surface area (Å²) in [5, 5.41) is 0. The Kier molecular flexibility index (Phi) is 5.87. The van der Waals surface area contributed by atoms with Crippen LogP contribution in [0.15, 0.2) is 24.3 Å². The molecular weight excluding hydrogens is 278 g/mol. The molecule has 0 unspecified atom stereocenters. The van der Waals surface area contributed by atoms with Crippen LogP contribution in [0.5, 0.6) is 11.5 Å². The number of rotatable bonds is 5. The number of likely N-dealkylation sites (tertiary alicyclic amines) is 1. The smallest absolute Gasteiger partial charge is 0.260 e. The maximum atomic E-state index is 12.2. The molecule has 1 aliphatic heterocycles. The van der Waals surface area contributed by atoms with Gasteiger partial charge in [0.25, 0.3) is 5.91 Å². The average Bonchev–Trinajstić information content (AvgIpc) is 2.54. The fraction of sp³-hybridized carbons (Fsp3) is 0.500. The second-order valence-electron chi connectivity index (χ2n) is 5.76. The predicted octanol–water partition coefficient (Wildman–Crippen LogP) is 3.37. The first-order valence-corrected chi connectivity index (χ1v) is 7.85. The van der Waals surface area contributed by atoms with Crippen molar-refractivity contribution in [3.8, 4) is 11.5 Å². The molecule has 0 bridgehead atoms. The molecule has 4 nitrogen and oxygen atoms in total. The first kappa shape index (κ1) is 16.4. The molecule has 0 N–H and O–H groups in total. The van der Waals surface area contributed by atoms with Crippen molar-refractivity contribution in [1.29, 1.82) is 0 Å². The minimum absolute atomic E-state index is 0.0477. The van der Waals surface area contributed by atoms with Crippen LogP contribution in [0.2, 0.25) is 0 Å². The van der Waals surface area contributed by atoms with E-state index in [1.165, 1.54) is 0 Å². The van der Waals surface area contributed by atoms with E-state index in [1.807, 2.05) is 42.2 Å². The Hall–Kier alpha value is -1.97. The average molecular weight is 303 g/mol. The minimum atomic E-state index is 0.0477. The molecule has 0 aromatic heterocycles. The number of piperidine rings is 1. The van der Waals surface area contributed by atoms with Gasteiger partial charge in [-0.3, -0.25) is 4.79 Å². The maximum Gasteiger partial charge on any atom is 0.260 e. The number of ether oxygens (including phenoxy) is 2. The summed E-state index contributed by atoms with van der Waals surface area (Å²) >= 11 is 0. The largest absolute Gasteiger partial charge is 0.493 e. The number of nitrogens with zero attached hydrogens (tertiary/aromatic N) is 1. The Morgan fingerprint density at radius 1 is 1.32 bits per heavy atom. The highest BCUT2D eigenvalue weighted by atomic mass is 16.5. The van der Waals surface area contributed by atoms with E-state index in [0.717, 1.165) is 31.5 Å². The Morgan fingerprint density at radius 2 is 2.05 bits per heavy atom. The van der Waals surface area contributed by atoms with Crippen LogP contribution >= 0.6 is 0 Å². The quantitative estimate of drug-likeness (QED) is 0.837. The van der Waals surface area contributed by atoms with Gasteiger partial charge < -0.3 is 14.4 Å². The summed E-state index contributed by atoms with van der Waals surface area (Å²) in [4.78, 5) is 14.1. The van der Waals surface area contributed by atoms with E-state index in [2.05, 4.69) is 6.92 Å². The molecule has 0 spiro atoms. The number of hydrogen-bond donors (Lipinski definition) is 0. The fourth-order valence-corrected chi connectivity index (χ4v) is 2.59. The zero-order valence-corrected chi connectivity index (χ0v) is 13.7. The number of benzene rings is 1.